The zero-order valence-electron chi connectivity index (χ0n) is 37.3. The van der Waals surface area contributed by atoms with E-state index in [1.807, 2.05) is 0 Å². The number of hydrogen-bond donors (Lipinski definition) is 0. The Labute approximate surface area is 379 Å². The molecule has 2 amide bonds. The van der Waals surface area contributed by atoms with E-state index in [2.05, 4.69) is 196 Å². The minimum absolute atomic E-state index is 0.0602. The number of allylic oxidation sites excluding steroid dienone is 6. The number of aryl methyl sites for hydroxylation is 2. The van der Waals surface area contributed by atoms with Crippen molar-refractivity contribution in [1.29, 1.82) is 0 Å². The van der Waals surface area contributed by atoms with Gasteiger partial charge in [0.2, 0.25) is 11.8 Å². The molecule has 0 aromatic heterocycles. The van der Waals surface area contributed by atoms with Crippen molar-refractivity contribution in [3.8, 4) is 0 Å². The number of benzene rings is 6. The van der Waals surface area contributed by atoms with Gasteiger partial charge in [0.1, 0.15) is 0 Å². The summed E-state index contributed by atoms with van der Waals surface area (Å²) in [4.78, 5) is 22.1. The molecule has 1 saturated heterocycles. The molecule has 0 radical (unpaired) electrons. The van der Waals surface area contributed by atoms with Gasteiger partial charge in [-0.15, -0.1) is 0 Å². The summed E-state index contributed by atoms with van der Waals surface area (Å²) in [6.45, 7) is 4.58. The number of rotatable bonds is 3. The van der Waals surface area contributed by atoms with E-state index in [0.29, 0.717) is 36.5 Å². The van der Waals surface area contributed by atoms with Crippen molar-refractivity contribution in [2.24, 2.45) is 0 Å². The third kappa shape index (κ3) is 7.87. The molecule has 1 fully saturated rings. The van der Waals surface area contributed by atoms with Crippen LogP contribution in [0.25, 0.3) is 23.3 Å². The van der Waals surface area contributed by atoms with Gasteiger partial charge in [-0.3, -0.25) is 14.5 Å². The summed E-state index contributed by atoms with van der Waals surface area (Å²) >= 11 is 0. The molecular formula is C61H57NO2. The summed E-state index contributed by atoms with van der Waals surface area (Å²) in [7, 11) is 1.51. The Hall–Kier alpha value is -6.58. The Morgan fingerprint density at radius 3 is 1.19 bits per heavy atom. The minimum Gasteiger partial charge on any atom is -0.286 e. The molecule has 13 rings (SSSR count). The Morgan fingerprint density at radius 2 is 0.781 bits per heavy atom. The fourth-order valence-electron chi connectivity index (χ4n) is 11.5. The molecule has 0 bridgehead atoms. The van der Waals surface area contributed by atoms with Gasteiger partial charge in [0, 0.05) is 43.6 Å². The molecular weight excluding hydrogens is 779 g/mol. The highest BCUT2D eigenvalue weighted by Gasteiger charge is 2.35. The average molecular weight is 836 g/mol. The predicted octanol–water partition coefficient (Wildman–Crippen LogP) is 14.2. The first-order valence-electron chi connectivity index (χ1n) is 23.5. The molecule has 318 valence electrons. The molecule has 64 heavy (non-hydrogen) atoms. The Bertz CT molecular complexity index is 2680. The summed E-state index contributed by atoms with van der Waals surface area (Å²) in [5.41, 5.74) is 20.7. The fraction of sp³-hybridized carbons (Fsp3) is 0.246. The lowest BCUT2D eigenvalue weighted by Gasteiger charge is -2.20. The molecule has 6 aromatic carbocycles. The van der Waals surface area contributed by atoms with Crippen LogP contribution in [0.4, 0.5) is 0 Å². The molecule has 6 aromatic rings. The second-order valence-electron chi connectivity index (χ2n) is 18.5. The second kappa shape index (κ2) is 17.9. The number of hydrogen-bond acceptors (Lipinski definition) is 2. The van der Waals surface area contributed by atoms with Crippen molar-refractivity contribution in [2.45, 2.75) is 87.9 Å². The van der Waals surface area contributed by atoms with Gasteiger partial charge < -0.3 is 0 Å². The average Bonchev–Trinajstić information content (AvgIpc) is 4.23. The van der Waals surface area contributed by atoms with Crippen molar-refractivity contribution in [2.75, 3.05) is 7.05 Å². The van der Waals surface area contributed by atoms with Gasteiger partial charge in [0.05, 0.1) is 0 Å². The molecule has 3 heteroatoms. The first-order valence-corrected chi connectivity index (χ1v) is 23.5. The number of nitrogens with zero attached hydrogens (tertiary/aromatic N) is 1. The fourth-order valence-corrected chi connectivity index (χ4v) is 11.5. The predicted molar refractivity (Wildman–Crippen MR) is 264 cm³/mol. The largest absolute Gasteiger partial charge is 0.286 e. The summed E-state index contributed by atoms with van der Waals surface area (Å²) in [6, 6.07) is 53.2. The maximum Gasteiger partial charge on any atom is 0.229 e. The van der Waals surface area contributed by atoms with Crippen LogP contribution in [0.5, 0.6) is 0 Å². The summed E-state index contributed by atoms with van der Waals surface area (Å²) in [6.07, 6.45) is 20.1. The Balaban J connectivity index is 0.000000105. The van der Waals surface area contributed by atoms with Gasteiger partial charge in [-0.2, -0.15) is 0 Å². The van der Waals surface area contributed by atoms with Gasteiger partial charge in [0.15, 0.2) is 0 Å². The Morgan fingerprint density at radius 1 is 0.422 bits per heavy atom. The van der Waals surface area contributed by atoms with E-state index in [9.17, 15) is 9.59 Å². The lowest BCUT2D eigenvalue weighted by Crippen LogP contribution is -2.23. The lowest BCUT2D eigenvalue weighted by atomic mass is 9.83. The smallest absolute Gasteiger partial charge is 0.229 e. The van der Waals surface area contributed by atoms with Crippen LogP contribution in [0.2, 0.25) is 0 Å². The van der Waals surface area contributed by atoms with Crippen molar-refractivity contribution < 1.29 is 9.59 Å². The van der Waals surface area contributed by atoms with Gasteiger partial charge in [-0.25, -0.2) is 0 Å². The third-order valence-electron chi connectivity index (χ3n) is 14.8. The monoisotopic (exact) mass is 835 g/mol. The van der Waals surface area contributed by atoms with Crippen molar-refractivity contribution in [1.82, 2.24) is 4.90 Å². The molecule has 0 saturated carbocycles. The molecule has 0 N–H and O–H groups in total. The van der Waals surface area contributed by atoms with Crippen LogP contribution in [0.3, 0.4) is 0 Å². The zero-order valence-corrected chi connectivity index (χ0v) is 37.3. The first kappa shape index (κ1) is 41.4. The van der Waals surface area contributed by atoms with Gasteiger partial charge >= 0.3 is 0 Å². The molecule has 1 aliphatic heterocycles. The number of likely N-dealkylation sites (tertiary alicyclic amines) is 1. The second-order valence-corrected chi connectivity index (χ2v) is 18.5. The van der Waals surface area contributed by atoms with E-state index >= 15 is 0 Å². The van der Waals surface area contributed by atoms with Crippen LogP contribution < -0.4 is 0 Å². The summed E-state index contributed by atoms with van der Waals surface area (Å²) in [5, 5.41) is 0. The van der Waals surface area contributed by atoms with E-state index in [0.717, 1.165) is 11.8 Å². The maximum atomic E-state index is 10.5. The Kier molecular flexibility index (Phi) is 11.6. The van der Waals surface area contributed by atoms with Crippen LogP contribution >= 0.6 is 0 Å². The van der Waals surface area contributed by atoms with Crippen molar-refractivity contribution in [3.05, 3.63) is 237 Å². The molecule has 7 aliphatic rings. The standard InChI is InChI=1S/C20H18.C18H18.C18H14.C5H7NO2/c1-13-11-19(17-9-5-3-7-15(13)17)20-12-14(2)16-8-4-6-10-18(16)20;2*1-3-7-15-13(5-1)9-11-17(15)18-12-10-14-6-2-4-8-16(14)18;1-6-4(7)2-3-5(6)8/h3-14H,1-2H3;1-8,17-18H,9-12H2;1-12,17-18H;2-3H2,1H3. The van der Waals surface area contributed by atoms with E-state index < -0.39 is 0 Å². The number of carbonyl (C=O) groups excluding carboxylic acids is 2. The van der Waals surface area contributed by atoms with Gasteiger partial charge in [-0.05, 0) is 115 Å². The van der Waals surface area contributed by atoms with E-state index in [4.69, 9.17) is 0 Å². The zero-order chi connectivity index (χ0) is 43.7. The maximum absolute atomic E-state index is 10.5. The lowest BCUT2D eigenvalue weighted by molar-refractivity contribution is -0.136. The SMILES string of the molecule is C1=CC(C2C=Cc3ccccc32)c2ccccc21.CC1C=C(C2=CC(C)c3ccccc32)c2ccccc21.CN1C(=O)CCC1=O.c1ccc2c(c1)CCC2C1CCc2ccccc21. The van der Waals surface area contributed by atoms with Crippen LogP contribution in [-0.4, -0.2) is 23.8 Å². The molecule has 6 aliphatic carbocycles. The normalized spacial score (nSPS) is 23.3. The van der Waals surface area contributed by atoms with Gasteiger partial charge in [0.25, 0.3) is 0 Å². The number of imide groups is 1. The molecule has 1 heterocycles. The summed E-state index contributed by atoms with van der Waals surface area (Å²) < 4.78 is 0. The van der Waals surface area contributed by atoms with Crippen LogP contribution in [-0.2, 0) is 22.4 Å². The number of fused-ring (bicyclic) bond motifs is 6. The molecule has 3 nitrogen and oxygen atoms in total. The highest BCUT2D eigenvalue weighted by atomic mass is 16.2. The molecule has 6 unspecified atom stereocenters. The topological polar surface area (TPSA) is 37.4 Å². The first-order chi connectivity index (χ1) is 31.3. The van der Waals surface area contributed by atoms with Crippen LogP contribution in [0.1, 0.15) is 142 Å². The molecule has 0 spiro atoms. The van der Waals surface area contributed by atoms with E-state index in [-0.39, 0.29) is 11.8 Å². The number of carbonyl (C=O) groups is 2. The van der Waals surface area contributed by atoms with Crippen molar-refractivity contribution in [3.63, 3.8) is 0 Å². The highest BCUT2D eigenvalue weighted by molar-refractivity contribution is 6.09. The summed E-state index contributed by atoms with van der Waals surface area (Å²) in [5.74, 6) is 3.46. The minimum atomic E-state index is -0.0602. The number of amides is 2. The van der Waals surface area contributed by atoms with Crippen LogP contribution in [0.15, 0.2) is 170 Å². The van der Waals surface area contributed by atoms with E-state index in [1.165, 1.54) is 93.3 Å². The highest BCUT2D eigenvalue weighted by Crippen LogP contribution is 2.50. The van der Waals surface area contributed by atoms with Crippen LogP contribution in [0, 0.1) is 0 Å². The quantitative estimate of drug-likeness (QED) is 0.167. The van der Waals surface area contributed by atoms with Crippen molar-refractivity contribution >= 4 is 35.1 Å². The van der Waals surface area contributed by atoms with E-state index in [1.54, 1.807) is 22.3 Å². The third-order valence-corrected chi connectivity index (χ3v) is 14.8. The molecule has 6 atom stereocenters. The van der Waals surface area contributed by atoms with Gasteiger partial charge in [-0.1, -0.05) is 196 Å².